The second-order valence-corrected chi connectivity index (χ2v) is 12.1. The Labute approximate surface area is 221 Å². The van der Waals surface area contributed by atoms with Crippen LogP contribution in [0.1, 0.15) is 71.1 Å². The molecule has 36 heavy (non-hydrogen) atoms. The molecule has 3 heterocycles. The van der Waals surface area contributed by atoms with Gasteiger partial charge in [0.05, 0.1) is 23.8 Å². The second-order valence-electron chi connectivity index (χ2n) is 11.6. The molecule has 0 bridgehead atoms. The Morgan fingerprint density at radius 1 is 1.11 bits per heavy atom. The molecule has 3 saturated heterocycles. The zero-order valence-corrected chi connectivity index (χ0v) is 22.7. The van der Waals surface area contributed by atoms with Crippen molar-refractivity contribution in [2.75, 3.05) is 32.9 Å². The molecule has 8 unspecified atom stereocenters. The minimum absolute atomic E-state index is 0.0860. The van der Waals surface area contributed by atoms with E-state index in [4.69, 9.17) is 16.3 Å². The van der Waals surface area contributed by atoms with Crippen molar-refractivity contribution in [3.63, 3.8) is 0 Å². The maximum Gasteiger partial charge on any atom is 0.223 e. The minimum Gasteiger partial charge on any atom is -0.376 e. The van der Waals surface area contributed by atoms with Crippen molar-refractivity contribution in [3.8, 4) is 0 Å². The minimum atomic E-state index is 0.0860. The molecule has 3 aliphatic heterocycles. The molecule has 9 nitrogen and oxygen atoms in total. The van der Waals surface area contributed by atoms with Crippen LogP contribution in [-0.2, 0) is 9.53 Å². The lowest BCUT2D eigenvalue weighted by atomic mass is 9.78. The monoisotopic (exact) mass is 525 g/mol. The summed E-state index contributed by atoms with van der Waals surface area (Å²) in [6.45, 7) is 6.84. The number of hydrogen-bond acceptors (Lipinski definition) is 8. The lowest BCUT2D eigenvalue weighted by Gasteiger charge is -2.44. The predicted octanol–water partition coefficient (Wildman–Crippen LogP) is 1.20. The first-order valence-electron chi connectivity index (χ1n) is 14.6. The van der Waals surface area contributed by atoms with Gasteiger partial charge < -0.3 is 20.7 Å². The molecule has 0 aromatic carbocycles. The molecule has 5 fully saturated rings. The third-order valence-corrected chi connectivity index (χ3v) is 9.63. The van der Waals surface area contributed by atoms with Crippen LogP contribution in [-0.4, -0.2) is 85.7 Å². The lowest BCUT2D eigenvalue weighted by molar-refractivity contribution is -0.130. The highest BCUT2D eigenvalue weighted by Crippen LogP contribution is 2.37. The smallest absolute Gasteiger partial charge is 0.223 e. The summed E-state index contributed by atoms with van der Waals surface area (Å²) >= 11 is 6.57. The summed E-state index contributed by atoms with van der Waals surface area (Å²) in [4.78, 5) is 15.9. The molecule has 0 aromatic heterocycles. The van der Waals surface area contributed by atoms with Gasteiger partial charge in [0.1, 0.15) is 0 Å². The normalized spacial score (nSPS) is 42.1. The van der Waals surface area contributed by atoms with Crippen molar-refractivity contribution in [3.05, 3.63) is 0 Å². The summed E-state index contributed by atoms with van der Waals surface area (Å²) in [5, 5.41) is 14.3. The molecule has 1 amide bonds. The van der Waals surface area contributed by atoms with Crippen molar-refractivity contribution in [1.82, 2.24) is 37.0 Å². The highest BCUT2D eigenvalue weighted by Gasteiger charge is 2.42. The van der Waals surface area contributed by atoms with Gasteiger partial charge in [0.15, 0.2) is 0 Å². The summed E-state index contributed by atoms with van der Waals surface area (Å²) in [5.41, 5.74) is 7.11. The number of fused-ring (bicyclic) bond motifs is 1. The molecule has 6 N–H and O–H groups in total. The number of hydrazine groups is 1. The summed E-state index contributed by atoms with van der Waals surface area (Å²) < 4.78 is 6.01. The van der Waals surface area contributed by atoms with E-state index in [9.17, 15) is 4.79 Å². The van der Waals surface area contributed by atoms with Gasteiger partial charge in [-0.15, -0.1) is 11.6 Å². The molecule has 5 rings (SSSR count). The molecule has 10 heteroatoms. The van der Waals surface area contributed by atoms with Crippen LogP contribution in [0.25, 0.3) is 0 Å². The fraction of sp³-hybridized carbons (Fsp3) is 0.962. The van der Waals surface area contributed by atoms with Gasteiger partial charge in [-0.3, -0.25) is 15.0 Å². The summed E-state index contributed by atoms with van der Waals surface area (Å²) in [6, 6.07) is 1.05. The maximum absolute atomic E-state index is 13.3. The van der Waals surface area contributed by atoms with Crippen LogP contribution in [0, 0.1) is 11.8 Å². The first-order valence-corrected chi connectivity index (χ1v) is 15.1. The zero-order chi connectivity index (χ0) is 24.9. The van der Waals surface area contributed by atoms with Gasteiger partial charge in [-0.2, -0.15) is 0 Å². The van der Waals surface area contributed by atoms with Crippen molar-refractivity contribution < 1.29 is 9.53 Å². The van der Waals surface area contributed by atoms with E-state index in [2.05, 4.69) is 43.9 Å². The van der Waals surface area contributed by atoms with Crippen LogP contribution in [0.5, 0.6) is 0 Å². The third-order valence-electron chi connectivity index (χ3n) is 9.16. The van der Waals surface area contributed by atoms with Gasteiger partial charge in [0.25, 0.3) is 0 Å². The first-order chi connectivity index (χ1) is 17.6. The van der Waals surface area contributed by atoms with Crippen LogP contribution in [0.15, 0.2) is 0 Å². The molecule has 5 aliphatic rings. The number of carbonyl (C=O) groups excluding carboxylic acids is 1. The second kappa shape index (κ2) is 13.0. The molecule has 0 spiro atoms. The third kappa shape index (κ3) is 6.37. The van der Waals surface area contributed by atoms with E-state index < -0.39 is 0 Å². The number of nitrogens with zero attached hydrogens (tertiary/aromatic N) is 1. The van der Waals surface area contributed by atoms with E-state index in [1.165, 1.54) is 0 Å². The Morgan fingerprint density at radius 3 is 2.83 bits per heavy atom. The number of halogens is 1. The van der Waals surface area contributed by atoms with Crippen LogP contribution in [0.2, 0.25) is 0 Å². The zero-order valence-electron chi connectivity index (χ0n) is 21.9. The number of alkyl halides is 1. The summed E-state index contributed by atoms with van der Waals surface area (Å²) in [5.74, 6) is 0.708. The van der Waals surface area contributed by atoms with Gasteiger partial charge in [0.2, 0.25) is 5.91 Å². The predicted molar refractivity (Wildman–Crippen MR) is 142 cm³/mol. The molecule has 2 saturated carbocycles. The standard InChI is InChI=1S/C26H48ClN7O2/c1-2-12-34-23(32-33-25(34)22-9-11-28-16-30-22)15-29-18-6-3-5-17(14-18)26(35)31-21-10-13-36-24-19(21)7-4-8-20(24)27/h17-25,28-30,32-33H,2-16H2,1H3,(H,31,35)/t17?,18?,19?,20?,21-,22?,23?,24?,25?/m0/s1. The van der Waals surface area contributed by atoms with Gasteiger partial charge in [-0.05, 0) is 57.9 Å². The van der Waals surface area contributed by atoms with Crippen LogP contribution < -0.4 is 32.1 Å². The topological polar surface area (TPSA) is 102 Å². The van der Waals surface area contributed by atoms with E-state index in [1.807, 2.05) is 0 Å². The van der Waals surface area contributed by atoms with Crippen LogP contribution in [0.4, 0.5) is 0 Å². The molecule has 2 aliphatic carbocycles. The fourth-order valence-electron chi connectivity index (χ4n) is 7.24. The molecule has 9 atom stereocenters. The average Bonchev–Trinajstić information content (AvgIpc) is 3.31. The summed E-state index contributed by atoms with van der Waals surface area (Å²) in [6.07, 6.45) is 11.3. The van der Waals surface area contributed by atoms with Crippen molar-refractivity contribution in [2.45, 2.75) is 113 Å². The Morgan fingerprint density at radius 2 is 2.00 bits per heavy atom. The molecular formula is C26H48ClN7O2. The Kier molecular flexibility index (Phi) is 9.79. The molecule has 206 valence electrons. The number of amides is 1. The number of hydrogen-bond donors (Lipinski definition) is 6. The maximum atomic E-state index is 13.3. The highest BCUT2D eigenvalue weighted by molar-refractivity contribution is 6.21. The summed E-state index contributed by atoms with van der Waals surface area (Å²) in [7, 11) is 0. The van der Waals surface area contributed by atoms with E-state index in [1.54, 1.807) is 0 Å². The van der Waals surface area contributed by atoms with Crippen molar-refractivity contribution >= 4 is 17.5 Å². The van der Waals surface area contributed by atoms with E-state index in [-0.39, 0.29) is 35.5 Å². The van der Waals surface area contributed by atoms with Crippen LogP contribution in [0.3, 0.4) is 0 Å². The quantitative estimate of drug-likeness (QED) is 0.263. The Bertz CT molecular complexity index is 712. The fourth-order valence-corrected chi connectivity index (χ4v) is 7.65. The van der Waals surface area contributed by atoms with E-state index >= 15 is 0 Å². The average molecular weight is 526 g/mol. The molecule has 0 aromatic rings. The van der Waals surface area contributed by atoms with Gasteiger partial charge in [-0.1, -0.05) is 19.8 Å². The largest absolute Gasteiger partial charge is 0.376 e. The SMILES string of the molecule is CCCN1C(CNC2CCCC(C(=O)N[C@H]3CCOC4C(Cl)CCCC43)C2)NNC1C1CCNCN1. The molecule has 0 radical (unpaired) electrons. The van der Waals surface area contributed by atoms with E-state index in [0.29, 0.717) is 30.8 Å². The number of carbonyl (C=O) groups is 1. The number of rotatable bonds is 8. The van der Waals surface area contributed by atoms with Crippen molar-refractivity contribution in [2.24, 2.45) is 11.8 Å². The Balaban J connectivity index is 1.10. The lowest BCUT2D eigenvalue weighted by Crippen LogP contribution is -2.59. The van der Waals surface area contributed by atoms with Crippen molar-refractivity contribution in [1.29, 1.82) is 0 Å². The van der Waals surface area contributed by atoms with E-state index in [0.717, 1.165) is 90.5 Å². The number of nitrogens with one attached hydrogen (secondary N) is 6. The van der Waals surface area contributed by atoms with Gasteiger partial charge in [0, 0.05) is 56.3 Å². The highest BCUT2D eigenvalue weighted by atomic mass is 35.5. The molecular weight excluding hydrogens is 478 g/mol. The number of ether oxygens (including phenoxy) is 1. The van der Waals surface area contributed by atoms with Gasteiger partial charge >= 0.3 is 0 Å². The first kappa shape index (κ1) is 27.1. The van der Waals surface area contributed by atoms with Gasteiger partial charge in [-0.25, -0.2) is 10.9 Å². The Hall–Kier alpha value is -0.520. The van der Waals surface area contributed by atoms with Crippen LogP contribution >= 0.6 is 11.6 Å².